The molecular weight excluding hydrogens is 248 g/mol. The quantitative estimate of drug-likeness (QED) is 0.906. The van der Waals surface area contributed by atoms with Gasteiger partial charge in [0, 0.05) is 18.7 Å². The van der Waals surface area contributed by atoms with Gasteiger partial charge in [-0.3, -0.25) is 4.79 Å². The van der Waals surface area contributed by atoms with Crippen molar-refractivity contribution in [3.63, 3.8) is 0 Å². The fourth-order valence-electron chi connectivity index (χ4n) is 2.20. The van der Waals surface area contributed by atoms with Crippen molar-refractivity contribution in [3.05, 3.63) is 65.7 Å². The first-order valence-electron chi connectivity index (χ1n) is 6.82. The lowest BCUT2D eigenvalue weighted by atomic mass is 10.1. The first-order chi connectivity index (χ1) is 9.72. The average Bonchev–Trinajstić information content (AvgIpc) is 2.47. The molecule has 104 valence electrons. The number of amides is 1. The second kappa shape index (κ2) is 6.87. The first-order valence-corrected chi connectivity index (χ1v) is 6.82. The number of rotatable bonds is 5. The normalized spacial score (nSPS) is 10.3. The van der Waals surface area contributed by atoms with Gasteiger partial charge in [0.15, 0.2) is 0 Å². The Morgan fingerprint density at radius 1 is 1.05 bits per heavy atom. The molecule has 0 aliphatic carbocycles. The van der Waals surface area contributed by atoms with Crippen LogP contribution in [0.3, 0.4) is 0 Å². The van der Waals surface area contributed by atoms with Crippen LogP contribution < -0.4 is 10.6 Å². The average molecular weight is 268 g/mol. The van der Waals surface area contributed by atoms with Crippen LogP contribution in [0.1, 0.15) is 17.5 Å². The molecule has 0 unspecified atom stereocenters. The Morgan fingerprint density at radius 3 is 2.35 bits per heavy atom. The fraction of sp³-hybridized carbons (Fsp3) is 0.235. The second-order valence-electron chi connectivity index (χ2n) is 4.79. The van der Waals surface area contributed by atoms with Crippen molar-refractivity contribution in [2.24, 2.45) is 5.73 Å². The molecule has 0 fully saturated rings. The van der Waals surface area contributed by atoms with E-state index in [1.165, 1.54) is 0 Å². The van der Waals surface area contributed by atoms with Gasteiger partial charge >= 0.3 is 0 Å². The molecule has 3 nitrogen and oxygen atoms in total. The van der Waals surface area contributed by atoms with Gasteiger partial charge in [0.05, 0.1) is 6.54 Å². The number of para-hydroxylation sites is 1. The molecule has 3 heteroatoms. The summed E-state index contributed by atoms with van der Waals surface area (Å²) >= 11 is 0. The number of anilines is 1. The molecule has 2 N–H and O–H groups in total. The largest absolute Gasteiger partial charge is 0.330 e. The van der Waals surface area contributed by atoms with Crippen molar-refractivity contribution in [3.8, 4) is 0 Å². The molecule has 0 saturated carbocycles. The summed E-state index contributed by atoms with van der Waals surface area (Å²) in [5.74, 6) is 0.0608. The number of hydrogen-bond acceptors (Lipinski definition) is 2. The minimum absolute atomic E-state index is 0.0608. The Kier molecular flexibility index (Phi) is 4.91. The third-order valence-electron chi connectivity index (χ3n) is 3.25. The second-order valence-corrected chi connectivity index (χ2v) is 4.79. The Balaban J connectivity index is 2.30. The lowest BCUT2D eigenvalue weighted by molar-refractivity contribution is -0.118. The van der Waals surface area contributed by atoms with Crippen molar-refractivity contribution >= 4 is 11.6 Å². The summed E-state index contributed by atoms with van der Waals surface area (Å²) in [6.07, 6.45) is 0.362. The van der Waals surface area contributed by atoms with Crippen LogP contribution in [0.2, 0.25) is 0 Å². The third kappa shape index (κ3) is 3.45. The topological polar surface area (TPSA) is 46.3 Å². The molecule has 0 aliphatic heterocycles. The van der Waals surface area contributed by atoms with Crippen LogP contribution in [0.25, 0.3) is 0 Å². The number of hydrogen-bond donors (Lipinski definition) is 1. The van der Waals surface area contributed by atoms with E-state index >= 15 is 0 Å². The van der Waals surface area contributed by atoms with Gasteiger partial charge in [-0.2, -0.15) is 0 Å². The smallest absolute Gasteiger partial charge is 0.228 e. The molecule has 0 aromatic heterocycles. The van der Waals surface area contributed by atoms with Gasteiger partial charge in [0.2, 0.25) is 5.91 Å². The summed E-state index contributed by atoms with van der Waals surface area (Å²) in [6, 6.07) is 17.9. The predicted octanol–water partition coefficient (Wildman–Crippen LogP) is 2.88. The molecule has 0 heterocycles. The van der Waals surface area contributed by atoms with E-state index in [0.717, 1.165) is 16.8 Å². The van der Waals surface area contributed by atoms with Gasteiger partial charge in [-0.15, -0.1) is 0 Å². The minimum atomic E-state index is 0.0608. The number of aryl methyl sites for hydroxylation is 1. The molecule has 0 aliphatic rings. The van der Waals surface area contributed by atoms with E-state index < -0.39 is 0 Å². The molecule has 2 aromatic carbocycles. The molecule has 0 saturated heterocycles. The Morgan fingerprint density at radius 2 is 1.70 bits per heavy atom. The first kappa shape index (κ1) is 14.3. The van der Waals surface area contributed by atoms with Crippen molar-refractivity contribution in [1.29, 1.82) is 0 Å². The van der Waals surface area contributed by atoms with Crippen molar-refractivity contribution in [2.75, 3.05) is 11.4 Å². The van der Waals surface area contributed by atoms with E-state index in [9.17, 15) is 4.79 Å². The van der Waals surface area contributed by atoms with E-state index in [1.54, 1.807) is 0 Å². The Labute approximate surface area is 120 Å². The van der Waals surface area contributed by atoms with Crippen LogP contribution in [0.15, 0.2) is 54.6 Å². The molecular formula is C17H20N2O. The predicted molar refractivity (Wildman–Crippen MR) is 82.5 cm³/mol. The lowest BCUT2D eigenvalue weighted by Crippen LogP contribution is -2.32. The lowest BCUT2D eigenvalue weighted by Gasteiger charge is -2.24. The zero-order valence-electron chi connectivity index (χ0n) is 11.8. The summed E-state index contributed by atoms with van der Waals surface area (Å²) in [4.78, 5) is 14.2. The molecule has 0 radical (unpaired) electrons. The molecule has 2 rings (SSSR count). The van der Waals surface area contributed by atoms with E-state index in [2.05, 4.69) is 0 Å². The summed E-state index contributed by atoms with van der Waals surface area (Å²) in [7, 11) is 0. The number of benzene rings is 2. The summed E-state index contributed by atoms with van der Waals surface area (Å²) in [6.45, 7) is 2.96. The van der Waals surface area contributed by atoms with E-state index in [4.69, 9.17) is 5.73 Å². The van der Waals surface area contributed by atoms with Crippen LogP contribution in [-0.4, -0.2) is 12.5 Å². The van der Waals surface area contributed by atoms with Gasteiger partial charge in [-0.05, 0) is 24.1 Å². The van der Waals surface area contributed by atoms with E-state index in [-0.39, 0.29) is 5.91 Å². The molecule has 0 spiro atoms. The number of nitrogens with two attached hydrogens (primary N) is 1. The monoisotopic (exact) mass is 268 g/mol. The van der Waals surface area contributed by atoms with Crippen LogP contribution in [-0.2, 0) is 11.3 Å². The minimum Gasteiger partial charge on any atom is -0.330 e. The van der Waals surface area contributed by atoms with E-state index in [1.807, 2.05) is 66.4 Å². The Hall–Kier alpha value is -2.13. The highest BCUT2D eigenvalue weighted by Crippen LogP contribution is 2.22. The van der Waals surface area contributed by atoms with Gasteiger partial charge in [0.25, 0.3) is 0 Å². The van der Waals surface area contributed by atoms with Crippen LogP contribution >= 0.6 is 0 Å². The maximum absolute atomic E-state index is 12.3. The van der Waals surface area contributed by atoms with Crippen LogP contribution in [0, 0.1) is 6.92 Å². The molecule has 0 atom stereocenters. The highest BCUT2D eigenvalue weighted by atomic mass is 16.2. The highest BCUT2D eigenvalue weighted by molar-refractivity contribution is 5.94. The third-order valence-corrected chi connectivity index (χ3v) is 3.25. The zero-order valence-corrected chi connectivity index (χ0v) is 11.8. The summed E-state index contributed by atoms with van der Waals surface area (Å²) in [5.41, 5.74) is 8.69. The molecule has 20 heavy (non-hydrogen) atoms. The maximum atomic E-state index is 12.3. The number of nitrogens with zero attached hydrogens (tertiary/aromatic N) is 1. The zero-order chi connectivity index (χ0) is 14.4. The van der Waals surface area contributed by atoms with Crippen molar-refractivity contribution in [1.82, 2.24) is 0 Å². The van der Waals surface area contributed by atoms with Gasteiger partial charge in [0.1, 0.15) is 0 Å². The van der Waals surface area contributed by atoms with Gasteiger partial charge in [-0.25, -0.2) is 0 Å². The van der Waals surface area contributed by atoms with Crippen molar-refractivity contribution < 1.29 is 4.79 Å². The Bertz CT molecular complexity index is 566. The molecule has 1 amide bonds. The van der Waals surface area contributed by atoms with Gasteiger partial charge in [-0.1, -0.05) is 48.5 Å². The number of carbonyl (C=O) groups excluding carboxylic acids is 1. The SMILES string of the molecule is Cc1ccccc1N(Cc1ccccc1)C(=O)CCN. The van der Waals surface area contributed by atoms with Crippen LogP contribution in [0.5, 0.6) is 0 Å². The molecule has 2 aromatic rings. The maximum Gasteiger partial charge on any atom is 0.228 e. The van der Waals surface area contributed by atoms with Crippen molar-refractivity contribution in [2.45, 2.75) is 19.9 Å². The highest BCUT2D eigenvalue weighted by Gasteiger charge is 2.16. The van der Waals surface area contributed by atoms with E-state index in [0.29, 0.717) is 19.5 Å². The standard InChI is InChI=1S/C17H20N2O/c1-14-7-5-6-10-16(14)19(17(20)11-12-18)13-15-8-3-2-4-9-15/h2-10H,11-13,18H2,1H3. The number of carbonyl (C=O) groups is 1. The van der Waals surface area contributed by atoms with Gasteiger partial charge < -0.3 is 10.6 Å². The summed E-state index contributed by atoms with van der Waals surface area (Å²) in [5, 5.41) is 0. The molecule has 0 bridgehead atoms. The van der Waals surface area contributed by atoms with Crippen LogP contribution in [0.4, 0.5) is 5.69 Å². The summed E-state index contributed by atoms with van der Waals surface area (Å²) < 4.78 is 0. The fourth-order valence-corrected chi connectivity index (χ4v) is 2.20.